The second kappa shape index (κ2) is 14.6. The van der Waals surface area contributed by atoms with Crippen molar-refractivity contribution in [3.8, 4) is 0 Å². The highest BCUT2D eigenvalue weighted by molar-refractivity contribution is 14.0. The molecule has 0 radical (unpaired) electrons. The molecular formula is C21H35IN4O2. The van der Waals surface area contributed by atoms with E-state index in [4.69, 9.17) is 4.74 Å². The second-order valence-electron chi connectivity index (χ2n) is 6.76. The van der Waals surface area contributed by atoms with Gasteiger partial charge in [0.05, 0.1) is 6.54 Å². The first kappa shape index (κ1) is 24.7. The molecule has 2 rings (SSSR count). The number of carbonyl (C=O) groups excluding carboxylic acids is 1. The van der Waals surface area contributed by atoms with Gasteiger partial charge in [-0.3, -0.25) is 4.79 Å². The summed E-state index contributed by atoms with van der Waals surface area (Å²) in [4.78, 5) is 18.3. The fourth-order valence-corrected chi connectivity index (χ4v) is 2.94. The SMILES string of the molecule is CCCCOCCCNC(=NCc1ccc(N2CCCC2=O)cc1)NCC.I. The highest BCUT2D eigenvalue weighted by Crippen LogP contribution is 2.21. The Morgan fingerprint density at radius 1 is 1.14 bits per heavy atom. The van der Waals surface area contributed by atoms with Crippen molar-refractivity contribution >= 4 is 41.5 Å². The zero-order valence-corrected chi connectivity index (χ0v) is 19.5. The molecule has 158 valence electrons. The van der Waals surface area contributed by atoms with Gasteiger partial charge < -0.3 is 20.3 Å². The molecular weight excluding hydrogens is 467 g/mol. The van der Waals surface area contributed by atoms with Crippen LogP contribution in [-0.4, -0.2) is 44.7 Å². The average molecular weight is 502 g/mol. The number of nitrogens with zero attached hydrogens (tertiary/aromatic N) is 2. The number of amides is 1. The van der Waals surface area contributed by atoms with Gasteiger partial charge in [-0.2, -0.15) is 0 Å². The Morgan fingerprint density at radius 2 is 1.89 bits per heavy atom. The molecule has 0 atom stereocenters. The lowest BCUT2D eigenvalue weighted by atomic mass is 10.2. The number of hydrogen-bond donors (Lipinski definition) is 2. The Morgan fingerprint density at radius 3 is 2.54 bits per heavy atom. The van der Waals surface area contributed by atoms with E-state index in [0.29, 0.717) is 13.0 Å². The minimum Gasteiger partial charge on any atom is -0.381 e. The molecule has 0 unspecified atom stereocenters. The van der Waals surface area contributed by atoms with E-state index >= 15 is 0 Å². The van der Waals surface area contributed by atoms with Crippen molar-refractivity contribution in [1.29, 1.82) is 0 Å². The molecule has 1 saturated heterocycles. The van der Waals surface area contributed by atoms with Crippen LogP contribution in [0.5, 0.6) is 0 Å². The van der Waals surface area contributed by atoms with E-state index in [1.165, 1.54) is 6.42 Å². The van der Waals surface area contributed by atoms with Gasteiger partial charge in [0, 0.05) is 45.0 Å². The number of anilines is 1. The van der Waals surface area contributed by atoms with Crippen molar-refractivity contribution in [1.82, 2.24) is 10.6 Å². The van der Waals surface area contributed by atoms with E-state index in [9.17, 15) is 4.79 Å². The van der Waals surface area contributed by atoms with Crippen LogP contribution in [0.15, 0.2) is 29.3 Å². The summed E-state index contributed by atoms with van der Waals surface area (Å²) in [7, 11) is 0. The van der Waals surface area contributed by atoms with Crippen molar-refractivity contribution in [3.63, 3.8) is 0 Å². The lowest BCUT2D eigenvalue weighted by Crippen LogP contribution is -2.38. The van der Waals surface area contributed by atoms with E-state index in [1.807, 2.05) is 17.0 Å². The monoisotopic (exact) mass is 502 g/mol. The van der Waals surface area contributed by atoms with Gasteiger partial charge in [0.1, 0.15) is 0 Å². The molecule has 6 nitrogen and oxygen atoms in total. The first-order chi connectivity index (χ1) is 13.2. The Balaban J connectivity index is 0.00000392. The molecule has 1 heterocycles. The fourth-order valence-electron chi connectivity index (χ4n) is 2.94. The van der Waals surface area contributed by atoms with E-state index in [2.05, 4.69) is 41.6 Å². The summed E-state index contributed by atoms with van der Waals surface area (Å²) in [6.07, 6.45) is 4.87. The van der Waals surface area contributed by atoms with Crippen LogP contribution >= 0.6 is 24.0 Å². The number of carbonyl (C=O) groups is 1. The molecule has 1 fully saturated rings. The van der Waals surface area contributed by atoms with Crippen LogP contribution in [0.3, 0.4) is 0 Å². The highest BCUT2D eigenvalue weighted by atomic mass is 127. The predicted octanol–water partition coefficient (Wildman–Crippen LogP) is 3.69. The fraction of sp³-hybridized carbons (Fsp3) is 0.619. The van der Waals surface area contributed by atoms with E-state index in [-0.39, 0.29) is 29.9 Å². The number of rotatable bonds is 11. The van der Waals surface area contributed by atoms with Crippen LogP contribution in [0, 0.1) is 0 Å². The van der Waals surface area contributed by atoms with E-state index in [1.54, 1.807) is 0 Å². The molecule has 2 N–H and O–H groups in total. The third-order valence-electron chi connectivity index (χ3n) is 4.49. The summed E-state index contributed by atoms with van der Waals surface area (Å²) in [5.41, 5.74) is 2.11. The molecule has 0 spiro atoms. The van der Waals surface area contributed by atoms with Gasteiger partial charge >= 0.3 is 0 Å². The van der Waals surface area contributed by atoms with E-state index in [0.717, 1.165) is 69.3 Å². The minimum atomic E-state index is 0. The van der Waals surface area contributed by atoms with Crippen molar-refractivity contribution in [2.45, 2.75) is 52.5 Å². The molecule has 0 saturated carbocycles. The number of aliphatic imine (C=N–C) groups is 1. The van der Waals surface area contributed by atoms with Gasteiger partial charge in [-0.25, -0.2) is 4.99 Å². The first-order valence-corrected chi connectivity index (χ1v) is 10.2. The number of halogens is 1. The topological polar surface area (TPSA) is 66.0 Å². The van der Waals surface area contributed by atoms with Crippen LogP contribution in [0.1, 0.15) is 51.5 Å². The maximum Gasteiger partial charge on any atom is 0.227 e. The Hall–Kier alpha value is -1.35. The van der Waals surface area contributed by atoms with Gasteiger partial charge in [-0.15, -0.1) is 24.0 Å². The standard InChI is InChI=1S/C21H34N4O2.HI/c1-3-5-15-27-16-7-13-23-21(22-4-2)24-17-18-9-11-19(12-10-18)25-14-6-8-20(25)26;/h9-12H,3-8,13-17H2,1-2H3,(H2,22,23,24);1H. The Bertz CT molecular complexity index is 593. The molecule has 0 bridgehead atoms. The number of unbranched alkanes of at least 4 members (excludes halogenated alkanes) is 1. The zero-order valence-electron chi connectivity index (χ0n) is 17.2. The molecule has 28 heavy (non-hydrogen) atoms. The molecule has 0 aliphatic carbocycles. The number of ether oxygens (including phenoxy) is 1. The summed E-state index contributed by atoms with van der Waals surface area (Å²) in [6.45, 7) is 8.97. The normalized spacial score (nSPS) is 14.1. The largest absolute Gasteiger partial charge is 0.381 e. The van der Waals surface area contributed by atoms with Gasteiger partial charge in [0.25, 0.3) is 0 Å². The van der Waals surface area contributed by atoms with Crippen molar-refractivity contribution in [2.24, 2.45) is 4.99 Å². The first-order valence-electron chi connectivity index (χ1n) is 10.2. The van der Waals surface area contributed by atoms with Crippen LogP contribution < -0.4 is 15.5 Å². The third kappa shape index (κ3) is 8.77. The molecule has 1 aliphatic rings. The highest BCUT2D eigenvalue weighted by Gasteiger charge is 2.21. The zero-order chi connectivity index (χ0) is 19.3. The number of benzene rings is 1. The van der Waals surface area contributed by atoms with Gasteiger partial charge in [0.15, 0.2) is 5.96 Å². The molecule has 1 aromatic carbocycles. The van der Waals surface area contributed by atoms with Crippen molar-refractivity contribution in [3.05, 3.63) is 29.8 Å². The smallest absolute Gasteiger partial charge is 0.227 e. The molecule has 7 heteroatoms. The predicted molar refractivity (Wildman–Crippen MR) is 127 cm³/mol. The summed E-state index contributed by atoms with van der Waals surface area (Å²) >= 11 is 0. The average Bonchev–Trinajstić information content (AvgIpc) is 3.11. The summed E-state index contributed by atoms with van der Waals surface area (Å²) in [5.74, 6) is 1.04. The molecule has 1 aromatic rings. The summed E-state index contributed by atoms with van der Waals surface area (Å²) in [5, 5.41) is 6.62. The summed E-state index contributed by atoms with van der Waals surface area (Å²) < 4.78 is 5.58. The van der Waals surface area contributed by atoms with Crippen LogP contribution in [0.4, 0.5) is 5.69 Å². The lowest BCUT2D eigenvalue weighted by molar-refractivity contribution is -0.117. The maximum absolute atomic E-state index is 11.8. The van der Waals surface area contributed by atoms with Crippen LogP contribution in [0.2, 0.25) is 0 Å². The summed E-state index contributed by atoms with van der Waals surface area (Å²) in [6, 6.07) is 8.13. The quantitative estimate of drug-likeness (QED) is 0.210. The molecule has 1 aliphatic heterocycles. The van der Waals surface area contributed by atoms with Crippen LogP contribution in [-0.2, 0) is 16.1 Å². The van der Waals surface area contributed by atoms with Crippen molar-refractivity contribution < 1.29 is 9.53 Å². The van der Waals surface area contributed by atoms with E-state index < -0.39 is 0 Å². The number of guanidine groups is 1. The van der Waals surface area contributed by atoms with Gasteiger partial charge in [-0.1, -0.05) is 25.5 Å². The number of hydrogen-bond acceptors (Lipinski definition) is 3. The second-order valence-corrected chi connectivity index (χ2v) is 6.76. The number of nitrogens with one attached hydrogen (secondary N) is 2. The molecule has 1 amide bonds. The minimum absolute atomic E-state index is 0. The third-order valence-corrected chi connectivity index (χ3v) is 4.49. The Labute approximate surface area is 186 Å². The lowest BCUT2D eigenvalue weighted by Gasteiger charge is -2.16. The molecule has 0 aromatic heterocycles. The van der Waals surface area contributed by atoms with Gasteiger partial charge in [0.2, 0.25) is 5.91 Å². The van der Waals surface area contributed by atoms with Crippen molar-refractivity contribution in [2.75, 3.05) is 37.7 Å². The van der Waals surface area contributed by atoms with Gasteiger partial charge in [-0.05, 0) is 43.9 Å². The Kier molecular flexibility index (Phi) is 12.9. The maximum atomic E-state index is 11.8. The van der Waals surface area contributed by atoms with Crippen LogP contribution in [0.25, 0.3) is 0 Å².